The van der Waals surface area contributed by atoms with Crippen LogP contribution in [0.3, 0.4) is 0 Å². The maximum absolute atomic E-state index is 11.8. The van der Waals surface area contributed by atoms with E-state index in [0.29, 0.717) is 0 Å². The molecule has 1 aromatic rings. The molecule has 0 saturated heterocycles. The van der Waals surface area contributed by atoms with Crippen LogP contribution in [0.25, 0.3) is 0 Å². The van der Waals surface area contributed by atoms with Gasteiger partial charge in [0.05, 0.1) is 6.04 Å². The molecule has 0 radical (unpaired) electrons. The molecule has 0 spiro atoms. The van der Waals surface area contributed by atoms with Crippen molar-refractivity contribution in [3.8, 4) is 0 Å². The van der Waals surface area contributed by atoms with Gasteiger partial charge < -0.3 is 5.32 Å². The van der Waals surface area contributed by atoms with E-state index in [4.69, 9.17) is 0 Å². The smallest absolute Gasteiger partial charge is 0.165 e. The second-order valence-electron chi connectivity index (χ2n) is 4.04. The summed E-state index contributed by atoms with van der Waals surface area (Å²) in [5, 5.41) is 3.28. The fourth-order valence-corrected chi connectivity index (χ4v) is 1.99. The van der Waals surface area contributed by atoms with Crippen LogP contribution >= 0.6 is 0 Å². The lowest BCUT2D eigenvalue weighted by Crippen LogP contribution is -2.33. The van der Waals surface area contributed by atoms with Crippen LogP contribution in [0.15, 0.2) is 42.1 Å². The molecule has 2 nitrogen and oxygen atoms in total. The van der Waals surface area contributed by atoms with Crippen LogP contribution in [0.4, 0.5) is 0 Å². The Morgan fingerprint density at radius 2 is 1.87 bits per heavy atom. The number of carbonyl (C=O) groups excluding carboxylic acids is 1. The molecule has 2 unspecified atom stereocenters. The number of carbonyl (C=O) groups is 1. The highest BCUT2D eigenvalue weighted by molar-refractivity contribution is 5.97. The summed E-state index contributed by atoms with van der Waals surface area (Å²) in [5.74, 6) is 0.250. The number of ketones is 1. The van der Waals surface area contributed by atoms with Gasteiger partial charge in [-0.2, -0.15) is 0 Å². The van der Waals surface area contributed by atoms with Crippen LogP contribution in [0.2, 0.25) is 0 Å². The van der Waals surface area contributed by atoms with Crippen molar-refractivity contribution in [3.63, 3.8) is 0 Å². The monoisotopic (exact) mass is 201 g/mol. The van der Waals surface area contributed by atoms with E-state index in [9.17, 15) is 4.79 Å². The van der Waals surface area contributed by atoms with Crippen molar-refractivity contribution in [1.82, 2.24) is 5.32 Å². The summed E-state index contributed by atoms with van der Waals surface area (Å²) in [6.07, 6.45) is 1.82. The van der Waals surface area contributed by atoms with Crippen LogP contribution in [0, 0.1) is 5.92 Å². The minimum absolute atomic E-state index is 0.0115. The maximum Gasteiger partial charge on any atom is 0.165 e. The fourth-order valence-electron chi connectivity index (χ4n) is 1.99. The maximum atomic E-state index is 11.8. The average Bonchev–Trinajstić information content (AvgIpc) is 2.27. The Morgan fingerprint density at radius 3 is 2.53 bits per heavy atom. The third-order valence-corrected chi connectivity index (χ3v) is 2.94. The van der Waals surface area contributed by atoms with Crippen molar-refractivity contribution in [2.45, 2.75) is 19.9 Å². The average molecular weight is 201 g/mol. The molecule has 0 saturated carbocycles. The highest BCUT2D eigenvalue weighted by Crippen LogP contribution is 2.27. The Hall–Kier alpha value is -1.57. The molecule has 1 heterocycles. The molecular weight excluding hydrogens is 186 g/mol. The van der Waals surface area contributed by atoms with Gasteiger partial charge in [0.1, 0.15) is 0 Å². The fraction of sp³-hybridized carbons (Fsp3) is 0.308. The number of allylic oxidation sites excluding steroid dienone is 1. The van der Waals surface area contributed by atoms with Gasteiger partial charge in [0.15, 0.2) is 5.78 Å². The van der Waals surface area contributed by atoms with Crippen molar-refractivity contribution in [1.29, 1.82) is 0 Å². The van der Waals surface area contributed by atoms with Crippen molar-refractivity contribution in [2.75, 3.05) is 0 Å². The van der Waals surface area contributed by atoms with Crippen molar-refractivity contribution in [2.24, 2.45) is 5.92 Å². The molecule has 0 bridgehead atoms. The lowest BCUT2D eigenvalue weighted by molar-refractivity contribution is -0.120. The van der Waals surface area contributed by atoms with Crippen LogP contribution in [0.1, 0.15) is 25.5 Å². The number of benzene rings is 1. The van der Waals surface area contributed by atoms with E-state index in [-0.39, 0.29) is 17.7 Å². The van der Waals surface area contributed by atoms with Gasteiger partial charge in [0.25, 0.3) is 0 Å². The molecule has 0 amide bonds. The molecule has 1 aliphatic rings. The van der Waals surface area contributed by atoms with E-state index in [0.717, 1.165) is 5.57 Å². The summed E-state index contributed by atoms with van der Waals surface area (Å²) in [6, 6.07) is 10.2. The Kier molecular flexibility index (Phi) is 2.58. The molecule has 1 aliphatic heterocycles. The van der Waals surface area contributed by atoms with E-state index in [2.05, 4.69) is 17.4 Å². The topological polar surface area (TPSA) is 29.1 Å². The molecule has 1 aromatic carbocycles. The van der Waals surface area contributed by atoms with Gasteiger partial charge in [-0.05, 0) is 12.5 Å². The summed E-state index contributed by atoms with van der Waals surface area (Å²) in [6.45, 7) is 3.83. The molecule has 0 aliphatic carbocycles. The molecule has 0 fully saturated rings. The lowest BCUT2D eigenvalue weighted by Gasteiger charge is -2.28. The molecule has 0 aromatic heterocycles. The van der Waals surface area contributed by atoms with E-state index in [1.807, 2.05) is 38.2 Å². The molecule has 2 rings (SSSR count). The third-order valence-electron chi connectivity index (χ3n) is 2.94. The van der Waals surface area contributed by atoms with Crippen LogP contribution in [-0.2, 0) is 4.79 Å². The summed E-state index contributed by atoms with van der Waals surface area (Å²) in [4.78, 5) is 11.8. The van der Waals surface area contributed by atoms with E-state index < -0.39 is 0 Å². The standard InChI is InChI=1S/C13H15NO/c1-9-8-14-12(10(2)13(9)15)11-6-4-3-5-7-11/h3-8,10,12,14H,1-2H3. The van der Waals surface area contributed by atoms with Gasteiger partial charge in [0, 0.05) is 17.7 Å². The Bertz CT molecular complexity index is 394. The predicted octanol–water partition coefficient (Wildman–Crippen LogP) is 2.44. The number of rotatable bonds is 1. The first-order valence-corrected chi connectivity index (χ1v) is 5.22. The molecule has 2 atom stereocenters. The van der Waals surface area contributed by atoms with Gasteiger partial charge in [-0.15, -0.1) is 0 Å². The Labute approximate surface area is 90.0 Å². The van der Waals surface area contributed by atoms with Gasteiger partial charge in [0.2, 0.25) is 0 Å². The first kappa shape index (κ1) is 9.97. The second kappa shape index (κ2) is 3.89. The molecule has 78 valence electrons. The quantitative estimate of drug-likeness (QED) is 0.756. The van der Waals surface area contributed by atoms with Crippen molar-refractivity contribution < 1.29 is 4.79 Å². The van der Waals surface area contributed by atoms with Gasteiger partial charge >= 0.3 is 0 Å². The zero-order valence-corrected chi connectivity index (χ0v) is 9.03. The molecule has 1 N–H and O–H groups in total. The Balaban J connectivity index is 2.30. The highest BCUT2D eigenvalue weighted by atomic mass is 16.1. The predicted molar refractivity (Wildman–Crippen MR) is 60.2 cm³/mol. The Morgan fingerprint density at radius 1 is 1.20 bits per heavy atom. The zero-order chi connectivity index (χ0) is 10.8. The van der Waals surface area contributed by atoms with Crippen LogP contribution < -0.4 is 5.32 Å². The SMILES string of the molecule is CC1=CNC(c2ccccc2)C(C)C1=O. The summed E-state index contributed by atoms with van der Waals surface area (Å²) < 4.78 is 0. The van der Waals surface area contributed by atoms with Crippen LogP contribution in [-0.4, -0.2) is 5.78 Å². The molecule has 2 heteroatoms. The largest absolute Gasteiger partial charge is 0.383 e. The van der Waals surface area contributed by atoms with Gasteiger partial charge in [-0.1, -0.05) is 37.3 Å². The second-order valence-corrected chi connectivity index (χ2v) is 4.04. The first-order valence-electron chi connectivity index (χ1n) is 5.22. The van der Waals surface area contributed by atoms with E-state index >= 15 is 0 Å². The number of hydrogen-bond donors (Lipinski definition) is 1. The normalized spacial score (nSPS) is 25.7. The summed E-state index contributed by atoms with van der Waals surface area (Å²) >= 11 is 0. The highest BCUT2D eigenvalue weighted by Gasteiger charge is 2.28. The summed E-state index contributed by atoms with van der Waals surface area (Å²) in [5.41, 5.74) is 1.98. The number of nitrogens with one attached hydrogen (secondary N) is 1. The summed E-state index contributed by atoms with van der Waals surface area (Å²) in [7, 11) is 0. The zero-order valence-electron chi connectivity index (χ0n) is 9.03. The molecular formula is C13H15NO. The number of hydrogen-bond acceptors (Lipinski definition) is 2. The minimum atomic E-state index is 0.0115. The van der Waals surface area contributed by atoms with E-state index in [1.165, 1.54) is 5.56 Å². The van der Waals surface area contributed by atoms with E-state index in [1.54, 1.807) is 0 Å². The third kappa shape index (κ3) is 1.80. The van der Waals surface area contributed by atoms with Crippen LogP contribution in [0.5, 0.6) is 0 Å². The molecule has 15 heavy (non-hydrogen) atoms. The van der Waals surface area contributed by atoms with Gasteiger partial charge in [-0.3, -0.25) is 4.79 Å². The van der Waals surface area contributed by atoms with Crippen molar-refractivity contribution in [3.05, 3.63) is 47.7 Å². The van der Waals surface area contributed by atoms with Crippen molar-refractivity contribution >= 4 is 5.78 Å². The first-order chi connectivity index (χ1) is 7.20. The number of Topliss-reactive ketones (excluding diaryl/α,β-unsaturated/α-hetero) is 1. The van der Waals surface area contributed by atoms with Gasteiger partial charge in [-0.25, -0.2) is 0 Å². The minimum Gasteiger partial charge on any atom is -0.383 e. The lowest BCUT2D eigenvalue weighted by atomic mass is 9.86.